The number of carbonyl (C=O) groups is 1. The van der Waals surface area contributed by atoms with Crippen LogP contribution >= 0.6 is 11.6 Å². The Labute approximate surface area is 160 Å². The Morgan fingerprint density at radius 3 is 2.63 bits per heavy atom. The van der Waals surface area contributed by atoms with Gasteiger partial charge in [-0.2, -0.15) is 10.2 Å². The summed E-state index contributed by atoms with van der Waals surface area (Å²) < 4.78 is 14.6. The van der Waals surface area contributed by atoms with E-state index in [2.05, 4.69) is 20.9 Å². The number of hydrogen-bond donors (Lipinski definition) is 2. The highest BCUT2D eigenvalue weighted by molar-refractivity contribution is 6.32. The van der Waals surface area contributed by atoms with E-state index in [1.165, 1.54) is 23.0 Å². The van der Waals surface area contributed by atoms with Crippen molar-refractivity contribution in [2.75, 3.05) is 11.9 Å². The number of anilines is 1. The second-order valence-electron chi connectivity index (χ2n) is 5.69. The summed E-state index contributed by atoms with van der Waals surface area (Å²) in [5.41, 5.74) is 5.10. The number of aryl methyl sites for hydroxylation is 1. The number of benzene rings is 2. The monoisotopic (exact) mass is 385 g/mol. The Morgan fingerprint density at radius 1 is 1.22 bits per heavy atom. The third kappa shape index (κ3) is 4.71. The summed E-state index contributed by atoms with van der Waals surface area (Å²) in [6.45, 7) is 1.86. The highest BCUT2D eigenvalue weighted by Gasteiger charge is 2.13. The van der Waals surface area contributed by atoms with E-state index in [0.717, 1.165) is 5.69 Å². The summed E-state index contributed by atoms with van der Waals surface area (Å²) in [4.78, 5) is 11.9. The zero-order valence-electron chi connectivity index (χ0n) is 14.5. The number of nitrogens with one attached hydrogen (secondary N) is 2. The summed E-state index contributed by atoms with van der Waals surface area (Å²) in [6, 6.07) is 15.2. The van der Waals surface area contributed by atoms with Crippen LogP contribution in [0, 0.1) is 12.7 Å². The number of carbonyl (C=O) groups excluding carboxylic acids is 1. The van der Waals surface area contributed by atoms with Crippen molar-refractivity contribution in [2.24, 2.45) is 5.10 Å². The van der Waals surface area contributed by atoms with E-state index < -0.39 is 0 Å². The molecule has 138 valence electrons. The van der Waals surface area contributed by atoms with E-state index in [9.17, 15) is 9.18 Å². The van der Waals surface area contributed by atoms with Gasteiger partial charge >= 0.3 is 0 Å². The minimum Gasteiger partial charge on any atom is -0.376 e. The Kier molecular flexibility index (Phi) is 5.83. The molecule has 0 fully saturated rings. The summed E-state index contributed by atoms with van der Waals surface area (Å²) >= 11 is 6.35. The zero-order valence-corrected chi connectivity index (χ0v) is 15.2. The van der Waals surface area contributed by atoms with Crippen molar-refractivity contribution in [1.29, 1.82) is 0 Å². The summed E-state index contributed by atoms with van der Waals surface area (Å²) in [5.74, 6) is -0.637. The molecule has 2 aromatic carbocycles. The third-order valence-electron chi connectivity index (χ3n) is 3.73. The predicted octanol–water partition coefficient (Wildman–Crippen LogP) is 3.54. The number of hydrogen-bond acceptors (Lipinski definition) is 4. The maximum Gasteiger partial charge on any atom is 0.259 e. The van der Waals surface area contributed by atoms with Crippen LogP contribution in [0.25, 0.3) is 5.69 Å². The number of aromatic nitrogens is 2. The highest BCUT2D eigenvalue weighted by atomic mass is 35.5. The molecule has 0 saturated heterocycles. The van der Waals surface area contributed by atoms with E-state index in [1.807, 2.05) is 30.3 Å². The van der Waals surface area contributed by atoms with Gasteiger partial charge in [-0.25, -0.2) is 14.5 Å². The molecule has 0 saturated carbocycles. The molecule has 1 amide bonds. The van der Waals surface area contributed by atoms with Gasteiger partial charge in [0.25, 0.3) is 5.91 Å². The number of rotatable bonds is 6. The molecule has 0 spiro atoms. The minimum absolute atomic E-state index is 0.0862. The van der Waals surface area contributed by atoms with E-state index in [4.69, 9.17) is 11.6 Å². The molecular weight excluding hydrogens is 369 g/mol. The lowest BCUT2D eigenvalue weighted by Crippen LogP contribution is -2.25. The molecular formula is C19H17ClFN5O. The molecule has 1 aromatic heterocycles. The fraction of sp³-hybridized carbons (Fsp3) is 0.105. The Bertz CT molecular complexity index is 954. The quantitative estimate of drug-likeness (QED) is 0.503. The number of hydrazone groups is 1. The Morgan fingerprint density at radius 2 is 1.93 bits per heavy atom. The van der Waals surface area contributed by atoms with Gasteiger partial charge in [0.05, 0.1) is 29.7 Å². The second kappa shape index (κ2) is 8.46. The first kappa shape index (κ1) is 18.6. The maximum atomic E-state index is 13.1. The van der Waals surface area contributed by atoms with Crippen LogP contribution in [0.4, 0.5) is 10.1 Å². The van der Waals surface area contributed by atoms with Crippen LogP contribution in [0.1, 0.15) is 11.3 Å². The first-order valence-electron chi connectivity index (χ1n) is 8.16. The van der Waals surface area contributed by atoms with Gasteiger partial charge < -0.3 is 5.32 Å². The first-order chi connectivity index (χ1) is 13.0. The van der Waals surface area contributed by atoms with Crippen molar-refractivity contribution >= 4 is 29.4 Å². The largest absolute Gasteiger partial charge is 0.376 e. The average molecular weight is 386 g/mol. The zero-order chi connectivity index (χ0) is 19.2. The molecule has 27 heavy (non-hydrogen) atoms. The summed E-state index contributed by atoms with van der Waals surface area (Å²) in [7, 11) is 0. The third-order valence-corrected chi connectivity index (χ3v) is 4.09. The molecule has 0 aliphatic heterocycles. The van der Waals surface area contributed by atoms with Crippen molar-refractivity contribution < 1.29 is 9.18 Å². The SMILES string of the molecule is Cc1nn(-c2ccc(F)cc2)c(Cl)c1/C=N\NC(=O)CNc1ccccc1. The Hall–Kier alpha value is -3.19. The van der Waals surface area contributed by atoms with Crippen LogP contribution in [0.3, 0.4) is 0 Å². The minimum atomic E-state index is -0.340. The topological polar surface area (TPSA) is 71.3 Å². The summed E-state index contributed by atoms with van der Waals surface area (Å²) in [6.07, 6.45) is 1.44. The molecule has 0 aliphatic rings. The van der Waals surface area contributed by atoms with Crippen molar-refractivity contribution in [1.82, 2.24) is 15.2 Å². The highest BCUT2D eigenvalue weighted by Crippen LogP contribution is 2.22. The van der Waals surface area contributed by atoms with Crippen molar-refractivity contribution in [2.45, 2.75) is 6.92 Å². The van der Waals surface area contributed by atoms with Gasteiger partial charge in [-0.3, -0.25) is 4.79 Å². The van der Waals surface area contributed by atoms with Crippen LogP contribution in [0.5, 0.6) is 0 Å². The van der Waals surface area contributed by atoms with Gasteiger partial charge in [0.15, 0.2) is 0 Å². The number of para-hydroxylation sites is 1. The molecule has 2 N–H and O–H groups in total. The molecule has 1 heterocycles. The average Bonchev–Trinajstić information content (AvgIpc) is 2.96. The standard InChI is InChI=1S/C19H17ClFN5O/c1-13-17(19(20)26(25-13)16-9-7-14(21)8-10-16)11-23-24-18(27)12-22-15-5-3-2-4-6-15/h2-11,22H,12H2,1H3,(H,24,27)/b23-11-. The predicted molar refractivity (Wildman–Crippen MR) is 104 cm³/mol. The first-order valence-corrected chi connectivity index (χ1v) is 8.54. The summed E-state index contributed by atoms with van der Waals surface area (Å²) in [5, 5.41) is 11.6. The van der Waals surface area contributed by atoms with Crippen LogP contribution in [0.15, 0.2) is 59.7 Å². The van der Waals surface area contributed by atoms with Crippen LogP contribution in [-0.4, -0.2) is 28.4 Å². The fourth-order valence-corrected chi connectivity index (χ4v) is 2.68. The van der Waals surface area contributed by atoms with Crippen molar-refractivity contribution in [3.63, 3.8) is 0 Å². The van der Waals surface area contributed by atoms with Crippen molar-refractivity contribution in [3.05, 3.63) is 76.8 Å². The van der Waals surface area contributed by atoms with E-state index in [-0.39, 0.29) is 18.3 Å². The second-order valence-corrected chi connectivity index (χ2v) is 6.05. The lowest BCUT2D eigenvalue weighted by atomic mass is 10.3. The number of halogens is 2. The van der Waals surface area contributed by atoms with Crippen LogP contribution in [0.2, 0.25) is 5.15 Å². The van der Waals surface area contributed by atoms with Crippen molar-refractivity contribution in [3.8, 4) is 5.69 Å². The number of nitrogens with zero attached hydrogens (tertiary/aromatic N) is 3. The van der Waals surface area contributed by atoms with Crippen LogP contribution in [-0.2, 0) is 4.79 Å². The Balaban J connectivity index is 1.63. The van der Waals surface area contributed by atoms with E-state index >= 15 is 0 Å². The van der Waals surface area contributed by atoms with Crippen LogP contribution < -0.4 is 10.7 Å². The van der Waals surface area contributed by atoms with Gasteiger partial charge in [-0.15, -0.1) is 0 Å². The van der Waals surface area contributed by atoms with Gasteiger partial charge in [-0.1, -0.05) is 29.8 Å². The molecule has 0 unspecified atom stereocenters. The van der Waals surface area contributed by atoms with E-state index in [0.29, 0.717) is 22.1 Å². The smallest absolute Gasteiger partial charge is 0.259 e. The lowest BCUT2D eigenvalue weighted by Gasteiger charge is -2.04. The van der Waals surface area contributed by atoms with Gasteiger partial charge in [-0.05, 0) is 43.3 Å². The molecule has 0 atom stereocenters. The molecule has 8 heteroatoms. The normalized spacial score (nSPS) is 10.9. The molecule has 3 aromatic rings. The van der Waals surface area contributed by atoms with Gasteiger partial charge in [0, 0.05) is 5.69 Å². The molecule has 6 nitrogen and oxygen atoms in total. The molecule has 0 radical (unpaired) electrons. The molecule has 0 aliphatic carbocycles. The van der Waals surface area contributed by atoms with E-state index in [1.54, 1.807) is 19.1 Å². The van der Waals surface area contributed by atoms with Gasteiger partial charge in [0.2, 0.25) is 0 Å². The number of amides is 1. The van der Waals surface area contributed by atoms with Gasteiger partial charge in [0.1, 0.15) is 11.0 Å². The fourth-order valence-electron chi connectivity index (χ4n) is 2.36. The molecule has 3 rings (SSSR count). The lowest BCUT2D eigenvalue weighted by molar-refractivity contribution is -0.119. The molecule has 0 bridgehead atoms. The maximum absolute atomic E-state index is 13.1.